The van der Waals surface area contributed by atoms with Gasteiger partial charge in [-0.3, -0.25) is 5.10 Å². The predicted octanol–water partition coefficient (Wildman–Crippen LogP) is 3.90. The average molecular weight is 356 g/mol. The summed E-state index contributed by atoms with van der Waals surface area (Å²) in [6, 6.07) is 10.7. The predicted molar refractivity (Wildman–Crippen MR) is 104 cm³/mol. The highest BCUT2D eigenvalue weighted by Crippen LogP contribution is 2.28. The largest absolute Gasteiger partial charge is 0.343 e. The number of hydrogen-bond donors (Lipinski definition) is 2. The van der Waals surface area contributed by atoms with E-state index in [4.69, 9.17) is 10.2 Å². The summed E-state index contributed by atoms with van der Waals surface area (Å²) in [5.41, 5.74) is 7.50. The number of aromatic nitrogens is 5. The molecular weight excluding hydrogens is 336 g/mol. The van der Waals surface area contributed by atoms with Crippen molar-refractivity contribution in [1.29, 1.82) is 5.26 Å². The highest BCUT2D eigenvalue weighted by Gasteiger charge is 2.12. The highest BCUT2D eigenvalue weighted by atomic mass is 15.1. The van der Waals surface area contributed by atoms with Gasteiger partial charge in [0, 0.05) is 23.7 Å². The number of H-pyrrole nitrogens is 2. The summed E-state index contributed by atoms with van der Waals surface area (Å²) < 4.78 is 0. The van der Waals surface area contributed by atoms with E-state index in [1.807, 2.05) is 6.07 Å². The van der Waals surface area contributed by atoms with E-state index in [1.54, 1.807) is 18.7 Å². The monoisotopic (exact) mass is 356 g/mol. The molecule has 6 heteroatoms. The maximum Gasteiger partial charge on any atom is 0.0924 e. The molecule has 4 aromatic rings. The molecule has 1 aromatic carbocycles. The van der Waals surface area contributed by atoms with Crippen LogP contribution >= 0.6 is 0 Å². The van der Waals surface area contributed by atoms with Crippen molar-refractivity contribution in [3.8, 4) is 17.5 Å². The third-order valence-corrected chi connectivity index (χ3v) is 4.85. The number of benzene rings is 1. The Balaban J connectivity index is 1.80. The Kier molecular flexibility index (Phi) is 4.67. The molecule has 0 spiro atoms. The molecule has 0 aliphatic heterocycles. The maximum absolute atomic E-state index is 8.94. The topological polar surface area (TPSA) is 94.0 Å². The summed E-state index contributed by atoms with van der Waals surface area (Å²) in [6.45, 7) is 2.08. The van der Waals surface area contributed by atoms with E-state index in [0.29, 0.717) is 6.42 Å². The Morgan fingerprint density at radius 1 is 1.11 bits per heavy atom. The molecule has 0 unspecified atom stereocenters. The number of fused-ring (bicyclic) bond motifs is 1. The van der Waals surface area contributed by atoms with Gasteiger partial charge in [-0.2, -0.15) is 10.4 Å². The lowest BCUT2D eigenvalue weighted by molar-refractivity contribution is 0.896. The lowest BCUT2D eigenvalue weighted by atomic mass is 9.96. The van der Waals surface area contributed by atoms with Gasteiger partial charge in [0.2, 0.25) is 0 Å². The van der Waals surface area contributed by atoms with E-state index in [0.717, 1.165) is 47.2 Å². The van der Waals surface area contributed by atoms with Gasteiger partial charge in [-0.1, -0.05) is 0 Å². The molecule has 0 saturated heterocycles. The molecule has 3 aromatic heterocycles. The van der Waals surface area contributed by atoms with Crippen molar-refractivity contribution < 1.29 is 0 Å². The summed E-state index contributed by atoms with van der Waals surface area (Å²) in [5.74, 6) is 0. The SMILES string of the molecule is Cc1cc2nc(-c3cnc[nH]3)cc(CCc3ccn[nH]3)c2cc1CCC#N. The Hall–Kier alpha value is -3.46. The van der Waals surface area contributed by atoms with Gasteiger partial charge in [-0.25, -0.2) is 9.97 Å². The first-order valence-corrected chi connectivity index (χ1v) is 9.01. The standard InChI is InChI=1S/C21H20N6/c1-14-9-19-18(10-15(14)3-2-7-22)16(4-5-17-6-8-25-27-17)11-20(26-19)21-12-23-13-24-21/h6,8-13H,2-5H2,1H3,(H,23,24)(H,25,27). The van der Waals surface area contributed by atoms with Crippen molar-refractivity contribution in [2.45, 2.75) is 32.6 Å². The minimum atomic E-state index is 0.523. The van der Waals surface area contributed by atoms with E-state index in [2.05, 4.69) is 51.4 Å². The van der Waals surface area contributed by atoms with Crippen LogP contribution in [0.15, 0.2) is 43.0 Å². The highest BCUT2D eigenvalue weighted by molar-refractivity contribution is 5.86. The Labute approximate surface area is 157 Å². The van der Waals surface area contributed by atoms with Crippen molar-refractivity contribution in [3.63, 3.8) is 0 Å². The Bertz CT molecular complexity index is 1090. The fourth-order valence-electron chi connectivity index (χ4n) is 3.39. The van der Waals surface area contributed by atoms with Crippen LogP contribution < -0.4 is 0 Å². The number of nitriles is 1. The van der Waals surface area contributed by atoms with E-state index in [1.165, 1.54) is 16.7 Å². The minimum Gasteiger partial charge on any atom is -0.343 e. The second-order valence-electron chi connectivity index (χ2n) is 6.67. The van der Waals surface area contributed by atoms with Crippen LogP contribution in [0.1, 0.15) is 28.8 Å². The average Bonchev–Trinajstić information content (AvgIpc) is 3.38. The van der Waals surface area contributed by atoms with Crippen LogP contribution in [0.5, 0.6) is 0 Å². The number of hydrogen-bond acceptors (Lipinski definition) is 4. The molecular formula is C21H20N6. The summed E-state index contributed by atoms with van der Waals surface area (Å²) in [7, 11) is 0. The summed E-state index contributed by atoms with van der Waals surface area (Å²) in [4.78, 5) is 12.1. The molecule has 0 radical (unpaired) electrons. The number of nitrogens with one attached hydrogen (secondary N) is 2. The van der Waals surface area contributed by atoms with Crippen LogP contribution in [0, 0.1) is 18.3 Å². The summed E-state index contributed by atoms with van der Waals surface area (Å²) in [5, 5.41) is 17.1. The number of imidazole rings is 1. The van der Waals surface area contributed by atoms with Crippen LogP contribution in [0.4, 0.5) is 0 Å². The first-order valence-electron chi connectivity index (χ1n) is 9.01. The van der Waals surface area contributed by atoms with Gasteiger partial charge < -0.3 is 4.98 Å². The van der Waals surface area contributed by atoms with Crippen molar-refractivity contribution >= 4 is 10.9 Å². The molecule has 134 valence electrons. The van der Waals surface area contributed by atoms with Crippen LogP contribution in [0.25, 0.3) is 22.3 Å². The molecule has 2 N–H and O–H groups in total. The Morgan fingerprint density at radius 3 is 2.78 bits per heavy atom. The van der Waals surface area contributed by atoms with Crippen molar-refractivity contribution in [2.24, 2.45) is 0 Å². The third kappa shape index (κ3) is 3.58. The number of aromatic amines is 2. The van der Waals surface area contributed by atoms with Crippen molar-refractivity contribution in [1.82, 2.24) is 25.1 Å². The zero-order valence-electron chi connectivity index (χ0n) is 15.2. The van der Waals surface area contributed by atoms with Crippen LogP contribution in [-0.4, -0.2) is 25.1 Å². The van der Waals surface area contributed by atoms with Gasteiger partial charge in [-0.15, -0.1) is 0 Å². The van der Waals surface area contributed by atoms with E-state index < -0.39 is 0 Å². The molecule has 0 atom stereocenters. The lowest BCUT2D eigenvalue weighted by Gasteiger charge is -2.12. The molecule has 27 heavy (non-hydrogen) atoms. The summed E-state index contributed by atoms with van der Waals surface area (Å²) >= 11 is 0. The molecule has 0 aliphatic rings. The van der Waals surface area contributed by atoms with Gasteiger partial charge in [-0.05, 0) is 67.1 Å². The van der Waals surface area contributed by atoms with Crippen LogP contribution in [-0.2, 0) is 19.3 Å². The second-order valence-corrected chi connectivity index (χ2v) is 6.67. The fourth-order valence-corrected chi connectivity index (χ4v) is 3.39. The van der Waals surface area contributed by atoms with Crippen molar-refractivity contribution in [2.75, 3.05) is 0 Å². The molecule has 0 saturated carbocycles. The van der Waals surface area contributed by atoms with Gasteiger partial charge in [0.25, 0.3) is 0 Å². The molecule has 0 fully saturated rings. The van der Waals surface area contributed by atoms with Gasteiger partial charge in [0.15, 0.2) is 0 Å². The number of pyridine rings is 1. The Morgan fingerprint density at radius 2 is 2.04 bits per heavy atom. The van der Waals surface area contributed by atoms with Gasteiger partial charge in [0.1, 0.15) is 0 Å². The normalized spacial score (nSPS) is 11.0. The van der Waals surface area contributed by atoms with Gasteiger partial charge >= 0.3 is 0 Å². The van der Waals surface area contributed by atoms with E-state index in [9.17, 15) is 0 Å². The summed E-state index contributed by atoms with van der Waals surface area (Å²) in [6.07, 6.45) is 8.28. The molecule has 0 amide bonds. The van der Waals surface area contributed by atoms with Crippen LogP contribution in [0.2, 0.25) is 0 Å². The third-order valence-electron chi connectivity index (χ3n) is 4.85. The minimum absolute atomic E-state index is 0.523. The molecule has 3 heterocycles. The lowest BCUT2D eigenvalue weighted by Crippen LogP contribution is -1.99. The first kappa shape index (κ1) is 17.0. The fraction of sp³-hybridized carbons (Fsp3) is 0.238. The maximum atomic E-state index is 8.94. The van der Waals surface area contributed by atoms with Crippen LogP contribution in [0.3, 0.4) is 0 Å². The number of aryl methyl sites for hydroxylation is 4. The zero-order chi connectivity index (χ0) is 18.6. The quantitative estimate of drug-likeness (QED) is 0.548. The molecule has 0 bridgehead atoms. The van der Waals surface area contributed by atoms with Crippen molar-refractivity contribution in [3.05, 3.63) is 65.4 Å². The first-order chi connectivity index (χ1) is 13.2. The molecule has 6 nitrogen and oxygen atoms in total. The number of nitrogens with zero attached hydrogens (tertiary/aromatic N) is 4. The van der Waals surface area contributed by atoms with Gasteiger partial charge in [0.05, 0.1) is 35.5 Å². The second kappa shape index (κ2) is 7.42. The molecule has 4 rings (SSSR count). The molecule has 0 aliphatic carbocycles. The smallest absolute Gasteiger partial charge is 0.0924 e. The number of rotatable bonds is 6. The zero-order valence-corrected chi connectivity index (χ0v) is 15.2. The van der Waals surface area contributed by atoms with E-state index >= 15 is 0 Å². The van der Waals surface area contributed by atoms with E-state index in [-0.39, 0.29) is 0 Å².